The summed E-state index contributed by atoms with van der Waals surface area (Å²) >= 11 is 0. The molecule has 0 radical (unpaired) electrons. The lowest BCUT2D eigenvalue weighted by atomic mass is 10.1. The minimum absolute atomic E-state index is 0.0879. The van der Waals surface area contributed by atoms with Crippen molar-refractivity contribution in [2.24, 2.45) is 11.5 Å². The van der Waals surface area contributed by atoms with E-state index in [2.05, 4.69) is 5.32 Å². The van der Waals surface area contributed by atoms with E-state index >= 15 is 0 Å². The molecule has 14 heavy (non-hydrogen) atoms. The van der Waals surface area contributed by atoms with Crippen LogP contribution in [-0.2, 0) is 9.59 Å². The summed E-state index contributed by atoms with van der Waals surface area (Å²) in [5.74, 6) is -1.26. The minimum Gasteiger partial charge on any atom is -0.481 e. The number of amides is 1. The molecule has 0 spiro atoms. The number of hydrogen-bond donors (Lipinski definition) is 4. The predicted octanol–water partition coefficient (Wildman–Crippen LogP) is -1.36. The zero-order valence-electron chi connectivity index (χ0n) is 8.03. The largest absolute Gasteiger partial charge is 0.481 e. The van der Waals surface area contributed by atoms with Gasteiger partial charge in [-0.3, -0.25) is 9.59 Å². The van der Waals surface area contributed by atoms with Crippen LogP contribution in [-0.4, -0.2) is 36.1 Å². The quantitative estimate of drug-likeness (QED) is 0.407. The Morgan fingerprint density at radius 2 is 2.07 bits per heavy atom. The fourth-order valence-electron chi connectivity index (χ4n) is 0.893. The van der Waals surface area contributed by atoms with Crippen molar-refractivity contribution in [1.82, 2.24) is 5.32 Å². The van der Waals surface area contributed by atoms with E-state index in [1.165, 1.54) is 0 Å². The highest BCUT2D eigenvalue weighted by atomic mass is 16.4. The van der Waals surface area contributed by atoms with Crippen LogP contribution in [0.5, 0.6) is 0 Å². The average molecular weight is 203 g/mol. The molecule has 6 nitrogen and oxygen atoms in total. The Morgan fingerprint density at radius 1 is 1.43 bits per heavy atom. The van der Waals surface area contributed by atoms with Gasteiger partial charge in [-0.25, -0.2) is 0 Å². The van der Waals surface area contributed by atoms with Gasteiger partial charge < -0.3 is 21.9 Å². The molecular weight excluding hydrogens is 186 g/mol. The van der Waals surface area contributed by atoms with Crippen molar-refractivity contribution < 1.29 is 14.7 Å². The summed E-state index contributed by atoms with van der Waals surface area (Å²) in [6.45, 7) is 0.612. The van der Waals surface area contributed by atoms with Gasteiger partial charge in [0.05, 0.1) is 12.5 Å². The number of carbonyl (C=O) groups is 2. The van der Waals surface area contributed by atoms with E-state index in [0.717, 1.165) is 0 Å². The van der Waals surface area contributed by atoms with E-state index in [1.54, 1.807) is 0 Å². The van der Waals surface area contributed by atoms with Crippen LogP contribution in [0.25, 0.3) is 0 Å². The lowest BCUT2D eigenvalue weighted by Gasteiger charge is -2.10. The second kappa shape index (κ2) is 7.28. The standard InChI is InChI=1S/C8H17N3O3/c9-4-1-2-6(10)8(14)11-5-3-7(12)13/h6H,1-5,9-10H2,(H,11,14)(H,12,13). The van der Waals surface area contributed by atoms with Gasteiger partial charge in [0.25, 0.3) is 0 Å². The van der Waals surface area contributed by atoms with E-state index in [4.69, 9.17) is 16.6 Å². The number of nitrogens with one attached hydrogen (secondary N) is 1. The first kappa shape index (κ1) is 12.9. The molecule has 0 aromatic rings. The summed E-state index contributed by atoms with van der Waals surface area (Å²) in [4.78, 5) is 21.3. The molecular formula is C8H17N3O3. The van der Waals surface area contributed by atoms with Crippen molar-refractivity contribution in [3.63, 3.8) is 0 Å². The smallest absolute Gasteiger partial charge is 0.305 e. The number of aliphatic carboxylic acids is 1. The lowest BCUT2D eigenvalue weighted by Crippen LogP contribution is -2.41. The van der Waals surface area contributed by atoms with Crippen LogP contribution in [0.2, 0.25) is 0 Å². The topological polar surface area (TPSA) is 118 Å². The zero-order chi connectivity index (χ0) is 11.0. The summed E-state index contributed by atoms with van der Waals surface area (Å²) in [6, 6.07) is -0.590. The lowest BCUT2D eigenvalue weighted by molar-refractivity contribution is -0.136. The molecule has 1 atom stereocenters. The number of carboxylic acid groups (broad SMARTS) is 1. The van der Waals surface area contributed by atoms with E-state index < -0.39 is 12.0 Å². The van der Waals surface area contributed by atoms with Gasteiger partial charge in [0.1, 0.15) is 0 Å². The van der Waals surface area contributed by atoms with Crippen LogP contribution >= 0.6 is 0 Å². The van der Waals surface area contributed by atoms with Gasteiger partial charge in [0.2, 0.25) is 5.91 Å². The molecule has 0 aliphatic heterocycles. The molecule has 0 saturated carbocycles. The molecule has 0 rings (SSSR count). The number of carboxylic acids is 1. The highest BCUT2D eigenvalue weighted by Gasteiger charge is 2.11. The van der Waals surface area contributed by atoms with Gasteiger partial charge in [-0.05, 0) is 19.4 Å². The van der Waals surface area contributed by atoms with Gasteiger partial charge >= 0.3 is 5.97 Å². The molecule has 6 N–H and O–H groups in total. The van der Waals surface area contributed by atoms with Crippen LogP contribution in [0.15, 0.2) is 0 Å². The third kappa shape index (κ3) is 6.38. The maximum Gasteiger partial charge on any atom is 0.305 e. The minimum atomic E-state index is -0.944. The van der Waals surface area contributed by atoms with Crippen LogP contribution < -0.4 is 16.8 Å². The summed E-state index contributed by atoms with van der Waals surface area (Å²) in [5.41, 5.74) is 10.8. The van der Waals surface area contributed by atoms with Crippen molar-refractivity contribution in [3.8, 4) is 0 Å². The average Bonchev–Trinajstić information content (AvgIpc) is 2.13. The second-order valence-corrected chi connectivity index (χ2v) is 2.97. The number of carbonyl (C=O) groups excluding carboxylic acids is 1. The van der Waals surface area contributed by atoms with Gasteiger partial charge in [-0.15, -0.1) is 0 Å². The Morgan fingerprint density at radius 3 is 2.57 bits per heavy atom. The number of hydrogen-bond acceptors (Lipinski definition) is 4. The highest BCUT2D eigenvalue weighted by molar-refractivity contribution is 5.81. The van der Waals surface area contributed by atoms with Gasteiger partial charge in [0.15, 0.2) is 0 Å². The van der Waals surface area contributed by atoms with E-state index in [9.17, 15) is 9.59 Å². The molecule has 0 bridgehead atoms. The van der Waals surface area contributed by atoms with Crippen LogP contribution in [0.1, 0.15) is 19.3 Å². The molecule has 0 aliphatic carbocycles. The molecule has 82 valence electrons. The third-order valence-corrected chi connectivity index (χ3v) is 1.69. The first-order chi connectivity index (χ1) is 6.57. The summed E-state index contributed by atoms with van der Waals surface area (Å²) in [7, 11) is 0. The van der Waals surface area contributed by atoms with Gasteiger partial charge in [-0.1, -0.05) is 0 Å². The Bertz CT molecular complexity index is 196. The molecule has 1 amide bonds. The highest BCUT2D eigenvalue weighted by Crippen LogP contribution is 1.92. The SMILES string of the molecule is NCCCC(N)C(=O)NCCC(=O)O. The number of nitrogens with two attached hydrogens (primary N) is 2. The molecule has 0 aromatic carbocycles. The predicted molar refractivity (Wildman–Crippen MR) is 51.5 cm³/mol. The van der Waals surface area contributed by atoms with Crippen molar-refractivity contribution in [3.05, 3.63) is 0 Å². The summed E-state index contributed by atoms with van der Waals surface area (Å²) < 4.78 is 0. The Kier molecular flexibility index (Phi) is 6.69. The Balaban J connectivity index is 3.56. The molecule has 0 saturated heterocycles. The van der Waals surface area contributed by atoms with Crippen molar-refractivity contribution >= 4 is 11.9 Å². The molecule has 0 aliphatic rings. The van der Waals surface area contributed by atoms with Crippen LogP contribution in [0.4, 0.5) is 0 Å². The normalized spacial score (nSPS) is 12.1. The maximum absolute atomic E-state index is 11.2. The maximum atomic E-state index is 11.2. The fraction of sp³-hybridized carbons (Fsp3) is 0.750. The van der Waals surface area contributed by atoms with Crippen LogP contribution in [0, 0.1) is 0 Å². The fourth-order valence-corrected chi connectivity index (χ4v) is 0.893. The van der Waals surface area contributed by atoms with Crippen molar-refractivity contribution in [2.75, 3.05) is 13.1 Å². The molecule has 0 fully saturated rings. The zero-order valence-corrected chi connectivity index (χ0v) is 8.03. The molecule has 1 unspecified atom stereocenters. The van der Waals surface area contributed by atoms with Crippen molar-refractivity contribution in [2.45, 2.75) is 25.3 Å². The van der Waals surface area contributed by atoms with E-state index in [-0.39, 0.29) is 18.9 Å². The molecule has 0 heterocycles. The first-order valence-corrected chi connectivity index (χ1v) is 4.53. The first-order valence-electron chi connectivity index (χ1n) is 4.53. The summed E-state index contributed by atoms with van der Waals surface area (Å²) in [6.07, 6.45) is 1.12. The Hall–Kier alpha value is -1.14. The van der Waals surface area contributed by atoms with Gasteiger partial charge in [-0.2, -0.15) is 0 Å². The number of rotatable bonds is 7. The second-order valence-electron chi connectivity index (χ2n) is 2.97. The monoisotopic (exact) mass is 203 g/mol. The summed E-state index contributed by atoms with van der Waals surface area (Å²) in [5, 5.41) is 10.7. The molecule has 0 aromatic heterocycles. The van der Waals surface area contributed by atoms with E-state index in [0.29, 0.717) is 19.4 Å². The molecule has 6 heteroatoms. The third-order valence-electron chi connectivity index (χ3n) is 1.69. The Labute approximate surface area is 82.6 Å². The van der Waals surface area contributed by atoms with Crippen molar-refractivity contribution in [1.29, 1.82) is 0 Å². The van der Waals surface area contributed by atoms with Crippen LogP contribution in [0.3, 0.4) is 0 Å². The van der Waals surface area contributed by atoms with E-state index in [1.807, 2.05) is 0 Å². The van der Waals surface area contributed by atoms with Gasteiger partial charge in [0, 0.05) is 6.54 Å².